The summed E-state index contributed by atoms with van der Waals surface area (Å²) in [4.78, 5) is 2.39. The SMILES string of the molecule is Cc1nn(C)c(N2CCOCC2)c1CN[C@@H]1CCOc2ccccc21. The van der Waals surface area contributed by atoms with E-state index in [4.69, 9.17) is 9.47 Å². The molecular weight excluding hydrogens is 316 g/mol. The van der Waals surface area contributed by atoms with Crippen LogP contribution in [0.2, 0.25) is 0 Å². The summed E-state index contributed by atoms with van der Waals surface area (Å²) >= 11 is 0. The Balaban J connectivity index is 1.54. The number of morpholine rings is 1. The molecule has 6 heteroatoms. The van der Waals surface area contributed by atoms with Crippen LogP contribution < -0.4 is 15.0 Å². The lowest BCUT2D eigenvalue weighted by atomic mass is 10.0. The number of ether oxygens (including phenoxy) is 2. The summed E-state index contributed by atoms with van der Waals surface area (Å²) in [7, 11) is 2.03. The van der Waals surface area contributed by atoms with Crippen molar-refractivity contribution in [2.24, 2.45) is 7.05 Å². The highest BCUT2D eigenvalue weighted by molar-refractivity contribution is 5.50. The van der Waals surface area contributed by atoms with Gasteiger partial charge in [0.2, 0.25) is 0 Å². The summed E-state index contributed by atoms with van der Waals surface area (Å²) < 4.78 is 13.3. The summed E-state index contributed by atoms with van der Waals surface area (Å²) in [5, 5.41) is 8.40. The van der Waals surface area contributed by atoms with Gasteiger partial charge in [-0.25, -0.2) is 0 Å². The molecule has 134 valence electrons. The molecular formula is C19H26N4O2. The van der Waals surface area contributed by atoms with Gasteiger partial charge >= 0.3 is 0 Å². The van der Waals surface area contributed by atoms with Crippen molar-refractivity contribution in [3.63, 3.8) is 0 Å². The smallest absolute Gasteiger partial charge is 0.131 e. The Morgan fingerprint density at radius 1 is 1.20 bits per heavy atom. The molecule has 0 unspecified atom stereocenters. The highest BCUT2D eigenvalue weighted by Gasteiger charge is 2.24. The molecule has 4 rings (SSSR count). The zero-order valence-electron chi connectivity index (χ0n) is 15.0. The average molecular weight is 342 g/mol. The Labute approximate surface area is 148 Å². The van der Waals surface area contributed by atoms with Gasteiger partial charge in [0.1, 0.15) is 11.6 Å². The van der Waals surface area contributed by atoms with E-state index in [1.165, 1.54) is 16.9 Å². The summed E-state index contributed by atoms with van der Waals surface area (Å²) in [6.07, 6.45) is 0.989. The number of anilines is 1. The van der Waals surface area contributed by atoms with Gasteiger partial charge in [-0.3, -0.25) is 4.68 Å². The van der Waals surface area contributed by atoms with E-state index in [-0.39, 0.29) is 0 Å². The molecule has 0 saturated carbocycles. The maximum atomic E-state index is 5.77. The van der Waals surface area contributed by atoms with Crippen molar-refractivity contribution in [3.05, 3.63) is 41.1 Å². The first-order valence-corrected chi connectivity index (χ1v) is 9.04. The fraction of sp³-hybridized carbons (Fsp3) is 0.526. The Hall–Kier alpha value is -2.05. The summed E-state index contributed by atoms with van der Waals surface area (Å²) in [5.41, 5.74) is 3.63. The second kappa shape index (κ2) is 7.06. The van der Waals surface area contributed by atoms with E-state index in [1.54, 1.807) is 0 Å². The number of fused-ring (bicyclic) bond motifs is 1. The molecule has 0 spiro atoms. The number of aryl methyl sites for hydroxylation is 2. The Morgan fingerprint density at radius 2 is 2.00 bits per heavy atom. The van der Waals surface area contributed by atoms with Crippen LogP contribution in [0.15, 0.2) is 24.3 Å². The molecule has 0 radical (unpaired) electrons. The van der Waals surface area contributed by atoms with E-state index in [0.29, 0.717) is 6.04 Å². The van der Waals surface area contributed by atoms with Crippen LogP contribution >= 0.6 is 0 Å². The van der Waals surface area contributed by atoms with E-state index < -0.39 is 0 Å². The van der Waals surface area contributed by atoms with Crippen LogP contribution in [-0.4, -0.2) is 42.7 Å². The van der Waals surface area contributed by atoms with Crippen LogP contribution in [0.5, 0.6) is 5.75 Å². The lowest BCUT2D eigenvalue weighted by molar-refractivity contribution is 0.122. The molecule has 2 aliphatic rings. The molecule has 2 aliphatic heterocycles. The number of hydrogen-bond donors (Lipinski definition) is 1. The van der Waals surface area contributed by atoms with Crippen LogP contribution in [0.25, 0.3) is 0 Å². The molecule has 0 amide bonds. The van der Waals surface area contributed by atoms with Crippen LogP contribution in [0.4, 0.5) is 5.82 Å². The molecule has 1 N–H and O–H groups in total. The lowest BCUT2D eigenvalue weighted by Crippen LogP contribution is -2.38. The van der Waals surface area contributed by atoms with E-state index >= 15 is 0 Å². The van der Waals surface area contributed by atoms with E-state index in [1.807, 2.05) is 17.8 Å². The molecule has 2 aromatic rings. The van der Waals surface area contributed by atoms with Gasteiger partial charge in [0.05, 0.1) is 25.5 Å². The van der Waals surface area contributed by atoms with Gasteiger partial charge in [0.25, 0.3) is 0 Å². The van der Waals surface area contributed by atoms with Gasteiger partial charge in [-0.05, 0) is 13.0 Å². The number of para-hydroxylation sites is 1. The predicted molar refractivity (Wildman–Crippen MR) is 97.1 cm³/mol. The third-order valence-corrected chi connectivity index (χ3v) is 5.11. The maximum absolute atomic E-state index is 5.77. The van der Waals surface area contributed by atoms with Crippen molar-refractivity contribution in [2.75, 3.05) is 37.8 Å². The van der Waals surface area contributed by atoms with Gasteiger partial charge < -0.3 is 19.7 Å². The number of nitrogens with zero attached hydrogens (tertiary/aromatic N) is 3. The fourth-order valence-electron chi connectivity index (χ4n) is 3.85. The summed E-state index contributed by atoms with van der Waals surface area (Å²) in [6, 6.07) is 8.64. The first-order chi connectivity index (χ1) is 12.2. The minimum atomic E-state index is 0.321. The van der Waals surface area contributed by atoms with Gasteiger partial charge in [-0.15, -0.1) is 0 Å². The van der Waals surface area contributed by atoms with Crippen LogP contribution in [0.3, 0.4) is 0 Å². The zero-order chi connectivity index (χ0) is 17.2. The lowest BCUT2D eigenvalue weighted by Gasteiger charge is -2.30. The first kappa shape index (κ1) is 16.4. The van der Waals surface area contributed by atoms with Gasteiger partial charge in [0, 0.05) is 50.3 Å². The molecule has 1 fully saturated rings. The van der Waals surface area contributed by atoms with Gasteiger partial charge in [-0.2, -0.15) is 5.10 Å². The number of benzene rings is 1. The van der Waals surface area contributed by atoms with Crippen molar-refractivity contribution in [3.8, 4) is 5.75 Å². The molecule has 1 saturated heterocycles. The van der Waals surface area contributed by atoms with Gasteiger partial charge in [0.15, 0.2) is 0 Å². The third kappa shape index (κ3) is 3.24. The average Bonchev–Trinajstić information content (AvgIpc) is 2.94. The molecule has 0 aliphatic carbocycles. The highest BCUT2D eigenvalue weighted by Crippen LogP contribution is 2.32. The Kier molecular flexibility index (Phi) is 4.63. The highest BCUT2D eigenvalue weighted by atomic mass is 16.5. The quantitative estimate of drug-likeness (QED) is 0.923. The van der Waals surface area contributed by atoms with E-state index in [2.05, 4.69) is 40.4 Å². The molecule has 25 heavy (non-hydrogen) atoms. The largest absolute Gasteiger partial charge is 0.493 e. The number of rotatable bonds is 4. The van der Waals surface area contributed by atoms with Crippen molar-refractivity contribution < 1.29 is 9.47 Å². The summed E-state index contributed by atoms with van der Waals surface area (Å²) in [5.74, 6) is 2.22. The van der Waals surface area contributed by atoms with Crippen LogP contribution in [-0.2, 0) is 18.3 Å². The minimum Gasteiger partial charge on any atom is -0.493 e. The molecule has 3 heterocycles. The van der Waals surface area contributed by atoms with E-state index in [9.17, 15) is 0 Å². The van der Waals surface area contributed by atoms with Gasteiger partial charge in [-0.1, -0.05) is 18.2 Å². The summed E-state index contributed by atoms with van der Waals surface area (Å²) in [6.45, 7) is 7.08. The third-order valence-electron chi connectivity index (χ3n) is 5.11. The number of hydrogen-bond acceptors (Lipinski definition) is 5. The Morgan fingerprint density at radius 3 is 2.84 bits per heavy atom. The van der Waals surface area contributed by atoms with Crippen LogP contribution in [0, 0.1) is 6.92 Å². The Bertz CT molecular complexity index is 737. The molecule has 6 nitrogen and oxygen atoms in total. The van der Waals surface area contributed by atoms with Crippen molar-refractivity contribution in [1.82, 2.24) is 15.1 Å². The fourth-order valence-corrected chi connectivity index (χ4v) is 3.85. The number of aromatic nitrogens is 2. The monoisotopic (exact) mass is 342 g/mol. The zero-order valence-corrected chi connectivity index (χ0v) is 15.0. The standard InChI is InChI=1S/C19H26N4O2/c1-14-16(19(22(2)21-14)23-8-11-24-12-9-23)13-20-17-7-10-25-18-6-4-3-5-15(17)18/h3-6,17,20H,7-13H2,1-2H3/t17-/m1/s1. The second-order valence-corrected chi connectivity index (χ2v) is 6.72. The topological polar surface area (TPSA) is 51.5 Å². The van der Waals surface area contributed by atoms with E-state index in [0.717, 1.165) is 57.3 Å². The molecule has 0 bridgehead atoms. The van der Waals surface area contributed by atoms with Crippen molar-refractivity contribution >= 4 is 5.82 Å². The van der Waals surface area contributed by atoms with Crippen LogP contribution in [0.1, 0.15) is 29.3 Å². The predicted octanol–water partition coefficient (Wildman–Crippen LogP) is 2.18. The number of nitrogens with one attached hydrogen (secondary N) is 1. The minimum absolute atomic E-state index is 0.321. The second-order valence-electron chi connectivity index (χ2n) is 6.72. The molecule has 1 atom stereocenters. The normalized spacial score (nSPS) is 20.2. The molecule has 1 aromatic heterocycles. The first-order valence-electron chi connectivity index (χ1n) is 9.04. The maximum Gasteiger partial charge on any atom is 0.131 e. The van der Waals surface area contributed by atoms with Crippen molar-refractivity contribution in [1.29, 1.82) is 0 Å². The molecule has 1 aromatic carbocycles. The van der Waals surface area contributed by atoms with Crippen molar-refractivity contribution in [2.45, 2.75) is 25.9 Å².